The minimum atomic E-state index is -0.253. The lowest BCUT2D eigenvalue weighted by atomic mass is 9.76. The van der Waals surface area contributed by atoms with Crippen LogP contribution in [0.2, 0.25) is 0 Å². The fraction of sp³-hybridized carbons (Fsp3) is 0.375. The molecule has 32 heavy (non-hydrogen) atoms. The number of hydrogen-bond acceptors (Lipinski definition) is 4. The summed E-state index contributed by atoms with van der Waals surface area (Å²) in [5.74, 6) is 0.606. The van der Waals surface area contributed by atoms with Gasteiger partial charge in [-0.2, -0.15) is 5.10 Å². The maximum Gasteiger partial charge on any atom is 0.299 e. The minimum absolute atomic E-state index is 0. The lowest BCUT2D eigenvalue weighted by Gasteiger charge is -2.41. The van der Waals surface area contributed by atoms with Crippen molar-refractivity contribution >= 4 is 46.6 Å². The molecule has 1 N–H and O–H groups in total. The van der Waals surface area contributed by atoms with Crippen molar-refractivity contribution in [3.8, 4) is 0 Å². The molecule has 2 aromatic carbocycles. The maximum absolute atomic E-state index is 13.5. The van der Waals surface area contributed by atoms with E-state index >= 15 is 0 Å². The smallest absolute Gasteiger partial charge is 0.299 e. The maximum atomic E-state index is 13.5. The monoisotopic (exact) mass is 474 g/mol. The van der Waals surface area contributed by atoms with Crippen LogP contribution in [0.25, 0.3) is 0 Å². The number of nitrogens with zero attached hydrogens (tertiary/aromatic N) is 3. The van der Waals surface area contributed by atoms with Gasteiger partial charge in [0.05, 0.1) is 11.0 Å². The number of thioether (sulfide) groups is 1. The highest BCUT2D eigenvalue weighted by Crippen LogP contribution is 2.41. The molecule has 1 unspecified atom stereocenters. The number of carbonyl (C=O) groups is 1. The summed E-state index contributed by atoms with van der Waals surface area (Å²) in [7, 11) is 0. The molecule has 0 bridgehead atoms. The van der Waals surface area contributed by atoms with Crippen LogP contribution in [-0.2, 0) is 5.41 Å². The van der Waals surface area contributed by atoms with Crippen LogP contribution in [0.1, 0.15) is 50.8 Å². The van der Waals surface area contributed by atoms with Gasteiger partial charge in [0.15, 0.2) is 0 Å². The first kappa shape index (κ1) is 24.3. The molecule has 2 heterocycles. The summed E-state index contributed by atoms with van der Waals surface area (Å²) >= 11 is 1.25. The van der Waals surface area contributed by atoms with E-state index in [1.807, 2.05) is 13.8 Å². The van der Waals surface area contributed by atoms with Gasteiger partial charge in [-0.05, 0) is 73.2 Å². The molecule has 0 saturated heterocycles. The van der Waals surface area contributed by atoms with Gasteiger partial charge < -0.3 is 4.90 Å². The molecule has 2 aliphatic rings. The molecule has 4 rings (SSSR count). The topological polar surface area (TPSA) is 57.1 Å². The quantitative estimate of drug-likeness (QED) is 0.455. The van der Waals surface area contributed by atoms with Crippen LogP contribution in [0.5, 0.6) is 0 Å². The van der Waals surface area contributed by atoms with Crippen LogP contribution in [0.4, 0.5) is 14.9 Å². The zero-order chi connectivity index (χ0) is 22.2. The number of amidine groups is 1. The molecule has 0 aliphatic carbocycles. The van der Waals surface area contributed by atoms with Crippen molar-refractivity contribution in [2.75, 3.05) is 18.0 Å². The predicted octanol–water partition coefficient (Wildman–Crippen LogP) is 5.75. The number of nitrogens with one attached hydrogen (secondary N) is 1. The minimum Gasteiger partial charge on any atom is -0.326 e. The number of hydrogen-bond donors (Lipinski definition) is 1. The van der Waals surface area contributed by atoms with Gasteiger partial charge in [0.2, 0.25) is 0 Å². The summed E-state index contributed by atoms with van der Waals surface area (Å²) < 4.78 is 13.5. The zero-order valence-corrected chi connectivity index (χ0v) is 20.3. The fourth-order valence-corrected chi connectivity index (χ4v) is 4.88. The van der Waals surface area contributed by atoms with Crippen molar-refractivity contribution in [3.63, 3.8) is 0 Å². The first-order valence-corrected chi connectivity index (χ1v) is 11.4. The Morgan fingerprint density at radius 1 is 1.28 bits per heavy atom. The second-order valence-electron chi connectivity index (χ2n) is 8.48. The van der Waals surface area contributed by atoms with Gasteiger partial charge in [-0.1, -0.05) is 31.7 Å². The summed E-state index contributed by atoms with van der Waals surface area (Å²) in [4.78, 5) is 18.6. The first-order valence-electron chi connectivity index (χ1n) is 10.6. The number of rotatable bonds is 3. The van der Waals surface area contributed by atoms with Crippen LogP contribution < -0.4 is 10.3 Å². The number of anilines is 1. The lowest BCUT2D eigenvalue weighted by Crippen LogP contribution is -2.42. The lowest BCUT2D eigenvalue weighted by molar-refractivity contribution is 0.261. The number of hydrazone groups is 1. The van der Waals surface area contributed by atoms with E-state index in [-0.39, 0.29) is 34.1 Å². The van der Waals surface area contributed by atoms with E-state index in [1.54, 1.807) is 12.1 Å². The molecule has 0 radical (unpaired) electrons. The average molecular weight is 475 g/mol. The van der Waals surface area contributed by atoms with Crippen molar-refractivity contribution in [2.45, 2.75) is 44.8 Å². The Morgan fingerprint density at radius 2 is 2.00 bits per heavy atom. The van der Waals surface area contributed by atoms with Crippen LogP contribution in [0, 0.1) is 5.82 Å². The SMILES string of the molecule is CCN=C(c1ccc(F)cc1)N1CCC(C)(C)c2cc(C3=NNC(=O)SC3C)ccc21.Cl. The number of benzene rings is 2. The van der Waals surface area contributed by atoms with Gasteiger partial charge in [0, 0.05) is 24.3 Å². The summed E-state index contributed by atoms with van der Waals surface area (Å²) in [6.07, 6.45) is 0.959. The van der Waals surface area contributed by atoms with Crippen LogP contribution >= 0.6 is 24.2 Å². The molecular weight excluding hydrogens is 447 g/mol. The van der Waals surface area contributed by atoms with Crippen molar-refractivity contribution in [1.82, 2.24) is 5.43 Å². The largest absolute Gasteiger partial charge is 0.326 e. The van der Waals surface area contributed by atoms with Crippen molar-refractivity contribution < 1.29 is 9.18 Å². The Hall–Kier alpha value is -2.38. The molecule has 8 heteroatoms. The van der Waals surface area contributed by atoms with Gasteiger partial charge in [0.1, 0.15) is 11.7 Å². The molecule has 0 saturated carbocycles. The van der Waals surface area contributed by atoms with Gasteiger partial charge in [-0.3, -0.25) is 9.79 Å². The Labute approximate surface area is 199 Å². The normalized spacial score (nSPS) is 20.1. The second-order valence-corrected chi connectivity index (χ2v) is 9.79. The van der Waals surface area contributed by atoms with E-state index in [0.717, 1.165) is 41.3 Å². The van der Waals surface area contributed by atoms with E-state index in [4.69, 9.17) is 4.99 Å². The molecule has 0 aromatic heterocycles. The molecule has 170 valence electrons. The third-order valence-corrected chi connectivity index (χ3v) is 6.76. The third kappa shape index (κ3) is 4.69. The molecule has 5 nitrogen and oxygen atoms in total. The van der Waals surface area contributed by atoms with Crippen LogP contribution in [0.15, 0.2) is 52.6 Å². The Morgan fingerprint density at radius 3 is 2.66 bits per heavy atom. The Kier molecular flexibility index (Phi) is 7.30. The predicted molar refractivity (Wildman–Crippen MR) is 134 cm³/mol. The van der Waals surface area contributed by atoms with Crippen LogP contribution in [-0.4, -0.2) is 35.1 Å². The molecule has 1 atom stereocenters. The van der Waals surface area contributed by atoms with Crippen molar-refractivity contribution in [2.24, 2.45) is 10.1 Å². The highest BCUT2D eigenvalue weighted by atomic mass is 35.5. The summed E-state index contributed by atoms with van der Waals surface area (Å²) in [6, 6.07) is 12.9. The number of halogens is 2. The fourth-order valence-electron chi connectivity index (χ4n) is 4.16. The Balaban J connectivity index is 0.00000289. The summed E-state index contributed by atoms with van der Waals surface area (Å²) in [5, 5.41) is 4.19. The van der Waals surface area contributed by atoms with Crippen molar-refractivity contribution in [1.29, 1.82) is 0 Å². The van der Waals surface area contributed by atoms with Gasteiger partial charge in [-0.25, -0.2) is 9.82 Å². The second kappa shape index (κ2) is 9.63. The Bertz CT molecular complexity index is 1070. The van der Waals surface area contributed by atoms with Crippen molar-refractivity contribution in [3.05, 3.63) is 65.0 Å². The zero-order valence-electron chi connectivity index (χ0n) is 18.7. The summed E-state index contributed by atoms with van der Waals surface area (Å²) in [6.45, 7) is 9.99. The number of carbonyl (C=O) groups excluding carboxylic acids is 1. The third-order valence-electron chi connectivity index (χ3n) is 5.88. The van der Waals surface area contributed by atoms with E-state index in [0.29, 0.717) is 6.54 Å². The molecule has 2 aliphatic heterocycles. The van der Waals surface area contributed by atoms with Gasteiger partial charge >= 0.3 is 0 Å². The number of amides is 1. The molecule has 0 spiro atoms. The first-order chi connectivity index (χ1) is 14.8. The number of aliphatic imine (C=N–C) groups is 1. The van der Waals surface area contributed by atoms with E-state index in [1.165, 1.54) is 29.5 Å². The van der Waals surface area contributed by atoms with E-state index in [2.05, 4.69) is 47.5 Å². The highest BCUT2D eigenvalue weighted by molar-refractivity contribution is 8.14. The van der Waals surface area contributed by atoms with Gasteiger partial charge in [0.25, 0.3) is 5.24 Å². The molecule has 2 aromatic rings. The van der Waals surface area contributed by atoms with E-state index < -0.39 is 0 Å². The molecule has 0 fully saturated rings. The highest BCUT2D eigenvalue weighted by Gasteiger charge is 2.34. The van der Waals surface area contributed by atoms with Gasteiger partial charge in [-0.15, -0.1) is 12.4 Å². The standard InChI is InChI=1S/C24H27FN4OS.ClH/c1-5-26-22(16-6-9-18(25)10-7-16)29-13-12-24(3,4)19-14-17(8-11-20(19)29)21-15(2)31-23(30)28-27-21;/h6-11,14-15H,5,12-13H2,1-4H3,(H,28,30);1H. The summed E-state index contributed by atoms with van der Waals surface area (Å²) in [5.41, 5.74) is 7.70. The average Bonchev–Trinajstić information content (AvgIpc) is 2.73. The number of fused-ring (bicyclic) bond motifs is 1. The molecule has 1 amide bonds. The van der Waals surface area contributed by atoms with Crippen LogP contribution in [0.3, 0.4) is 0 Å². The van der Waals surface area contributed by atoms with E-state index in [9.17, 15) is 9.18 Å². The molecular formula is C24H28ClFN4OS.